The Hall–Kier alpha value is -2.03. The normalized spacial score (nSPS) is 16.9. The number of nitrogens with one attached hydrogen (secondary N) is 1. The molecule has 0 radical (unpaired) electrons. The molecule has 1 atom stereocenters. The second-order valence-corrected chi connectivity index (χ2v) is 7.03. The summed E-state index contributed by atoms with van der Waals surface area (Å²) in [4.78, 5) is 25.4. The molecule has 7 nitrogen and oxygen atoms in total. The number of nitrogens with zero attached hydrogens (tertiary/aromatic N) is 3. The lowest BCUT2D eigenvalue weighted by Gasteiger charge is -2.18. The van der Waals surface area contributed by atoms with Crippen LogP contribution in [-0.4, -0.2) is 44.7 Å². The van der Waals surface area contributed by atoms with Gasteiger partial charge in [0.05, 0.1) is 6.54 Å². The number of halogens is 1. The summed E-state index contributed by atoms with van der Waals surface area (Å²) in [6.07, 6.45) is 2.45. The Balaban J connectivity index is 0.00000243. The van der Waals surface area contributed by atoms with Crippen LogP contribution in [0.15, 0.2) is 24.3 Å². The van der Waals surface area contributed by atoms with Crippen molar-refractivity contribution < 1.29 is 14.7 Å². The van der Waals surface area contributed by atoms with Gasteiger partial charge in [-0.05, 0) is 43.5 Å². The lowest BCUT2D eigenvalue weighted by molar-refractivity contribution is -0.142. The molecule has 2 N–H and O–H groups in total. The summed E-state index contributed by atoms with van der Waals surface area (Å²) in [6.45, 7) is 3.21. The maximum absolute atomic E-state index is 12.3. The molecular weight excluding hydrogens is 376 g/mol. The zero-order valence-electron chi connectivity index (χ0n) is 14.3. The Morgan fingerprint density at radius 1 is 1.31 bits per heavy atom. The fraction of sp³-hybridized carbons (Fsp3) is 0.412. The molecule has 1 aliphatic rings. The van der Waals surface area contributed by atoms with Gasteiger partial charge in [0, 0.05) is 5.69 Å². The fourth-order valence-corrected chi connectivity index (χ4v) is 3.65. The largest absolute Gasteiger partial charge is 0.480 e. The summed E-state index contributed by atoms with van der Waals surface area (Å²) in [6, 6.07) is 7.19. The number of hydrogen-bond acceptors (Lipinski definition) is 6. The van der Waals surface area contributed by atoms with Gasteiger partial charge in [0.25, 0.3) is 5.91 Å². The van der Waals surface area contributed by atoms with Crippen LogP contribution in [0.4, 0.5) is 5.69 Å². The molecule has 140 valence electrons. The van der Waals surface area contributed by atoms with Gasteiger partial charge in [-0.2, -0.15) is 0 Å². The maximum Gasteiger partial charge on any atom is 0.320 e. The zero-order chi connectivity index (χ0) is 17.8. The number of hydrogen-bond donors (Lipinski definition) is 2. The van der Waals surface area contributed by atoms with E-state index in [1.165, 1.54) is 16.9 Å². The van der Waals surface area contributed by atoms with E-state index in [0.29, 0.717) is 23.7 Å². The number of carbonyl (C=O) groups is 2. The van der Waals surface area contributed by atoms with Crippen LogP contribution in [0.25, 0.3) is 0 Å². The van der Waals surface area contributed by atoms with Gasteiger partial charge in [0.2, 0.25) is 5.01 Å². The van der Waals surface area contributed by atoms with E-state index in [4.69, 9.17) is 0 Å². The minimum absolute atomic E-state index is 0. The number of carbonyl (C=O) groups excluding carboxylic acids is 1. The molecule has 3 rings (SSSR count). The van der Waals surface area contributed by atoms with Crippen LogP contribution in [0.3, 0.4) is 0 Å². The molecule has 1 aromatic heterocycles. The first-order valence-corrected chi connectivity index (χ1v) is 9.08. The lowest BCUT2D eigenvalue weighted by atomic mass is 10.1. The summed E-state index contributed by atoms with van der Waals surface area (Å²) in [5, 5.41) is 20.9. The van der Waals surface area contributed by atoms with E-state index in [9.17, 15) is 14.7 Å². The van der Waals surface area contributed by atoms with Gasteiger partial charge in [-0.3, -0.25) is 14.5 Å². The van der Waals surface area contributed by atoms with E-state index in [0.717, 1.165) is 19.4 Å². The average molecular weight is 397 g/mol. The summed E-state index contributed by atoms with van der Waals surface area (Å²) >= 11 is 1.20. The number of amides is 1. The first-order chi connectivity index (χ1) is 12.1. The second kappa shape index (κ2) is 9.07. The van der Waals surface area contributed by atoms with Gasteiger partial charge < -0.3 is 10.4 Å². The SMILES string of the molecule is CCc1ccc(NC(=O)c2nnc(CN3CCCC3C(=O)O)s2)cc1.Cl. The number of aryl methyl sites for hydroxylation is 1. The van der Waals surface area contributed by atoms with Crippen LogP contribution in [0.5, 0.6) is 0 Å². The van der Waals surface area contributed by atoms with Crippen molar-refractivity contribution in [1.82, 2.24) is 15.1 Å². The Morgan fingerprint density at radius 3 is 2.69 bits per heavy atom. The second-order valence-electron chi connectivity index (χ2n) is 5.97. The Bertz CT molecular complexity index is 766. The van der Waals surface area contributed by atoms with E-state index in [1.807, 2.05) is 29.2 Å². The first kappa shape index (κ1) is 20.3. The summed E-state index contributed by atoms with van der Waals surface area (Å²) in [5.74, 6) is -1.11. The molecular formula is C17H21ClN4O3S. The molecule has 26 heavy (non-hydrogen) atoms. The number of aromatic nitrogens is 2. The number of carboxylic acid groups (broad SMARTS) is 1. The third-order valence-electron chi connectivity index (χ3n) is 4.27. The van der Waals surface area contributed by atoms with Crippen LogP contribution in [-0.2, 0) is 17.8 Å². The van der Waals surface area contributed by atoms with Crippen molar-refractivity contribution in [3.05, 3.63) is 39.8 Å². The van der Waals surface area contributed by atoms with E-state index in [1.54, 1.807) is 0 Å². The fourth-order valence-electron chi connectivity index (χ4n) is 2.89. The molecule has 2 aromatic rings. The van der Waals surface area contributed by atoms with Crippen LogP contribution < -0.4 is 5.32 Å². The zero-order valence-corrected chi connectivity index (χ0v) is 16.0. The Kier molecular flexibility index (Phi) is 7.07. The molecule has 1 fully saturated rings. The van der Waals surface area contributed by atoms with Gasteiger partial charge in [-0.15, -0.1) is 22.6 Å². The third-order valence-corrected chi connectivity index (χ3v) is 5.17. The van der Waals surface area contributed by atoms with Crippen molar-refractivity contribution in [2.45, 2.75) is 38.8 Å². The highest BCUT2D eigenvalue weighted by atomic mass is 35.5. The predicted octanol–water partition coefficient (Wildman–Crippen LogP) is 2.82. The van der Waals surface area contributed by atoms with Crippen molar-refractivity contribution in [2.24, 2.45) is 0 Å². The molecule has 1 unspecified atom stereocenters. The Morgan fingerprint density at radius 2 is 2.04 bits per heavy atom. The van der Waals surface area contributed by atoms with Crippen molar-refractivity contribution in [3.8, 4) is 0 Å². The number of likely N-dealkylation sites (tertiary alicyclic amines) is 1. The summed E-state index contributed by atoms with van der Waals surface area (Å²) in [5.41, 5.74) is 1.92. The molecule has 0 bridgehead atoms. The molecule has 0 saturated carbocycles. The van der Waals surface area contributed by atoms with Crippen molar-refractivity contribution >= 4 is 41.3 Å². The number of anilines is 1. The number of benzene rings is 1. The molecule has 9 heteroatoms. The first-order valence-electron chi connectivity index (χ1n) is 8.26. The highest BCUT2D eigenvalue weighted by Crippen LogP contribution is 2.22. The van der Waals surface area contributed by atoms with Crippen LogP contribution in [0.2, 0.25) is 0 Å². The predicted molar refractivity (Wildman–Crippen MR) is 102 cm³/mol. The van der Waals surface area contributed by atoms with Gasteiger partial charge in [0.15, 0.2) is 0 Å². The molecule has 1 saturated heterocycles. The third kappa shape index (κ3) is 4.78. The molecule has 1 aliphatic heterocycles. The van der Waals surface area contributed by atoms with E-state index in [2.05, 4.69) is 22.4 Å². The molecule has 0 aliphatic carbocycles. The standard InChI is InChI=1S/C17H20N4O3S.ClH/c1-2-11-5-7-12(8-6-11)18-15(22)16-20-19-14(25-16)10-21-9-3-4-13(21)17(23)24;/h5-8,13H,2-4,9-10H2,1H3,(H,18,22)(H,23,24);1H. The van der Waals surface area contributed by atoms with E-state index in [-0.39, 0.29) is 23.3 Å². The average Bonchev–Trinajstić information content (AvgIpc) is 3.25. The van der Waals surface area contributed by atoms with E-state index >= 15 is 0 Å². The highest BCUT2D eigenvalue weighted by Gasteiger charge is 2.31. The summed E-state index contributed by atoms with van der Waals surface area (Å²) < 4.78 is 0. The molecule has 2 heterocycles. The van der Waals surface area contributed by atoms with Gasteiger partial charge in [-0.25, -0.2) is 0 Å². The number of carboxylic acids is 1. The maximum atomic E-state index is 12.3. The topological polar surface area (TPSA) is 95.4 Å². The molecule has 0 spiro atoms. The minimum Gasteiger partial charge on any atom is -0.480 e. The van der Waals surface area contributed by atoms with Crippen LogP contribution in [0.1, 0.15) is 40.1 Å². The van der Waals surface area contributed by atoms with E-state index < -0.39 is 12.0 Å². The lowest BCUT2D eigenvalue weighted by Crippen LogP contribution is -2.35. The smallest absolute Gasteiger partial charge is 0.320 e. The number of rotatable bonds is 6. The monoisotopic (exact) mass is 396 g/mol. The van der Waals surface area contributed by atoms with Crippen molar-refractivity contribution in [2.75, 3.05) is 11.9 Å². The van der Waals surface area contributed by atoms with Crippen molar-refractivity contribution in [3.63, 3.8) is 0 Å². The van der Waals surface area contributed by atoms with Crippen LogP contribution >= 0.6 is 23.7 Å². The van der Waals surface area contributed by atoms with Gasteiger partial charge >= 0.3 is 5.97 Å². The Labute approximate surface area is 161 Å². The highest BCUT2D eigenvalue weighted by molar-refractivity contribution is 7.13. The van der Waals surface area contributed by atoms with Gasteiger partial charge in [0.1, 0.15) is 11.0 Å². The quantitative estimate of drug-likeness (QED) is 0.779. The van der Waals surface area contributed by atoms with Gasteiger partial charge in [-0.1, -0.05) is 30.4 Å². The molecule has 1 aromatic carbocycles. The minimum atomic E-state index is -0.810. The van der Waals surface area contributed by atoms with Crippen molar-refractivity contribution in [1.29, 1.82) is 0 Å². The summed E-state index contributed by atoms with van der Waals surface area (Å²) in [7, 11) is 0. The molecule has 1 amide bonds. The van der Waals surface area contributed by atoms with Crippen LogP contribution in [0, 0.1) is 0 Å². The number of aliphatic carboxylic acids is 1.